The maximum atomic E-state index is 13.8. The molecule has 1 unspecified atom stereocenters. The number of furan rings is 1. The van der Waals surface area contributed by atoms with Crippen LogP contribution in [0.1, 0.15) is 17.3 Å². The number of ether oxygens (including phenoxy) is 2. The van der Waals surface area contributed by atoms with E-state index in [1.54, 1.807) is 12.1 Å². The molecule has 0 bridgehead atoms. The minimum absolute atomic E-state index is 0.315. The summed E-state index contributed by atoms with van der Waals surface area (Å²) >= 11 is 0. The van der Waals surface area contributed by atoms with E-state index < -0.39 is 35.2 Å². The van der Waals surface area contributed by atoms with Crippen LogP contribution in [0.2, 0.25) is 0 Å². The Morgan fingerprint density at radius 3 is 2.52 bits per heavy atom. The third-order valence-corrected chi connectivity index (χ3v) is 4.76. The number of carbonyl (C=O) groups excluding carboxylic acids is 2. The fourth-order valence-corrected chi connectivity index (χ4v) is 3.18. The van der Waals surface area contributed by atoms with Gasteiger partial charge in [-0.05, 0) is 31.2 Å². The van der Waals surface area contributed by atoms with Gasteiger partial charge in [0.25, 0.3) is 5.91 Å². The average molecular weight is 425 g/mol. The van der Waals surface area contributed by atoms with Crippen LogP contribution >= 0.6 is 0 Å². The number of esters is 1. The number of anilines is 1. The number of fused-ring (bicyclic) bond motifs is 3. The van der Waals surface area contributed by atoms with E-state index >= 15 is 0 Å². The molecule has 4 rings (SSSR count). The van der Waals surface area contributed by atoms with Crippen molar-refractivity contribution >= 4 is 39.5 Å². The molecule has 1 aromatic heterocycles. The van der Waals surface area contributed by atoms with Gasteiger partial charge in [-0.3, -0.25) is 4.79 Å². The predicted molar refractivity (Wildman–Crippen MR) is 110 cm³/mol. The van der Waals surface area contributed by atoms with Crippen LogP contribution in [0.25, 0.3) is 21.9 Å². The van der Waals surface area contributed by atoms with Crippen molar-refractivity contribution in [2.45, 2.75) is 13.0 Å². The lowest BCUT2D eigenvalue weighted by atomic mass is 10.1. The lowest BCUT2D eigenvalue weighted by Crippen LogP contribution is -2.30. The third-order valence-electron chi connectivity index (χ3n) is 4.76. The number of carbonyl (C=O) groups is 2. The van der Waals surface area contributed by atoms with Crippen LogP contribution in [0.5, 0.6) is 5.75 Å². The molecule has 0 aliphatic rings. The van der Waals surface area contributed by atoms with Crippen molar-refractivity contribution < 1.29 is 32.3 Å². The Balaban J connectivity index is 1.55. The lowest BCUT2D eigenvalue weighted by molar-refractivity contribution is -0.123. The van der Waals surface area contributed by atoms with E-state index in [-0.39, 0.29) is 0 Å². The molecule has 6 nitrogen and oxygen atoms in total. The first kappa shape index (κ1) is 20.3. The van der Waals surface area contributed by atoms with Gasteiger partial charge in [-0.15, -0.1) is 0 Å². The van der Waals surface area contributed by atoms with E-state index in [0.29, 0.717) is 28.7 Å². The summed E-state index contributed by atoms with van der Waals surface area (Å²) in [5.41, 5.74) is 1.07. The van der Waals surface area contributed by atoms with Gasteiger partial charge in [-0.25, -0.2) is 13.6 Å². The second-order valence-corrected chi connectivity index (χ2v) is 6.81. The monoisotopic (exact) mass is 425 g/mol. The van der Waals surface area contributed by atoms with E-state index in [0.717, 1.165) is 22.9 Å². The van der Waals surface area contributed by atoms with Crippen LogP contribution < -0.4 is 10.1 Å². The van der Waals surface area contributed by atoms with Crippen molar-refractivity contribution in [1.29, 1.82) is 0 Å². The molecule has 1 amide bonds. The van der Waals surface area contributed by atoms with E-state index in [9.17, 15) is 18.4 Å². The molecule has 0 fully saturated rings. The van der Waals surface area contributed by atoms with E-state index in [1.807, 2.05) is 24.3 Å². The Hall–Kier alpha value is -3.94. The Kier molecular flexibility index (Phi) is 5.29. The summed E-state index contributed by atoms with van der Waals surface area (Å²) in [6.07, 6.45) is -1.26. The van der Waals surface area contributed by atoms with E-state index in [4.69, 9.17) is 13.9 Å². The van der Waals surface area contributed by atoms with Crippen LogP contribution in [-0.4, -0.2) is 25.1 Å². The van der Waals surface area contributed by atoms with Crippen LogP contribution in [0, 0.1) is 11.6 Å². The second-order valence-electron chi connectivity index (χ2n) is 6.81. The smallest absolute Gasteiger partial charge is 0.341 e. The number of methoxy groups -OCH3 is 1. The summed E-state index contributed by atoms with van der Waals surface area (Å²) in [6, 6.07) is 13.3. The van der Waals surface area contributed by atoms with Crippen molar-refractivity contribution in [1.82, 2.24) is 0 Å². The molecule has 1 heterocycles. The lowest BCUT2D eigenvalue weighted by Gasteiger charge is -2.15. The number of amides is 1. The first-order valence-corrected chi connectivity index (χ1v) is 9.33. The molecule has 31 heavy (non-hydrogen) atoms. The van der Waals surface area contributed by atoms with E-state index in [1.165, 1.54) is 14.0 Å². The first-order valence-electron chi connectivity index (χ1n) is 9.33. The summed E-state index contributed by atoms with van der Waals surface area (Å²) in [5.74, 6) is -3.26. The maximum absolute atomic E-state index is 13.8. The summed E-state index contributed by atoms with van der Waals surface area (Å²) in [5, 5.41) is 4.34. The zero-order chi connectivity index (χ0) is 22.1. The Bertz CT molecular complexity index is 1310. The number of nitrogens with one attached hydrogen (secondary N) is 1. The molecule has 0 spiro atoms. The number of para-hydroxylation sites is 1. The van der Waals surface area contributed by atoms with Gasteiger partial charge in [0.15, 0.2) is 6.10 Å². The molecular weight excluding hydrogens is 408 g/mol. The highest BCUT2D eigenvalue weighted by Crippen LogP contribution is 2.36. The second kappa shape index (κ2) is 8.06. The summed E-state index contributed by atoms with van der Waals surface area (Å²) in [7, 11) is 1.46. The number of benzene rings is 3. The Morgan fingerprint density at radius 2 is 1.77 bits per heavy atom. The highest BCUT2D eigenvalue weighted by Gasteiger charge is 2.23. The fourth-order valence-electron chi connectivity index (χ4n) is 3.18. The number of rotatable bonds is 5. The van der Waals surface area contributed by atoms with Crippen molar-refractivity contribution in [3.8, 4) is 5.75 Å². The third kappa shape index (κ3) is 3.92. The van der Waals surface area contributed by atoms with Gasteiger partial charge in [0.1, 0.15) is 28.5 Å². The largest absolute Gasteiger partial charge is 0.495 e. The van der Waals surface area contributed by atoms with Crippen molar-refractivity contribution in [3.63, 3.8) is 0 Å². The molecule has 8 heteroatoms. The van der Waals surface area contributed by atoms with Gasteiger partial charge in [-0.2, -0.15) is 0 Å². The molecular formula is C23H17F2NO5. The maximum Gasteiger partial charge on any atom is 0.341 e. The fraction of sp³-hybridized carbons (Fsp3) is 0.130. The highest BCUT2D eigenvalue weighted by atomic mass is 19.1. The van der Waals surface area contributed by atoms with Crippen LogP contribution in [0.3, 0.4) is 0 Å². The van der Waals surface area contributed by atoms with Gasteiger partial charge in [0.2, 0.25) is 0 Å². The highest BCUT2D eigenvalue weighted by molar-refractivity contribution is 6.08. The first-order chi connectivity index (χ1) is 14.9. The summed E-state index contributed by atoms with van der Waals surface area (Å²) < 4.78 is 43.0. The van der Waals surface area contributed by atoms with Gasteiger partial charge in [-0.1, -0.05) is 18.2 Å². The molecule has 1 atom stereocenters. The molecule has 0 radical (unpaired) electrons. The molecule has 3 aromatic carbocycles. The zero-order valence-electron chi connectivity index (χ0n) is 16.6. The zero-order valence-corrected chi connectivity index (χ0v) is 16.6. The Labute approximate surface area is 175 Å². The molecule has 0 aliphatic carbocycles. The minimum atomic E-state index is -1.26. The molecule has 4 aromatic rings. The average Bonchev–Trinajstić information content (AvgIpc) is 3.10. The number of hydrogen-bond acceptors (Lipinski definition) is 5. The van der Waals surface area contributed by atoms with Crippen LogP contribution in [0.15, 0.2) is 59.0 Å². The molecule has 0 saturated carbocycles. The quantitative estimate of drug-likeness (QED) is 0.453. The van der Waals surface area contributed by atoms with Gasteiger partial charge in [0, 0.05) is 22.9 Å². The molecule has 0 saturated heterocycles. The normalized spacial score (nSPS) is 12.0. The van der Waals surface area contributed by atoms with Crippen molar-refractivity contribution in [2.75, 3.05) is 12.4 Å². The van der Waals surface area contributed by atoms with Crippen LogP contribution in [0.4, 0.5) is 14.5 Å². The van der Waals surface area contributed by atoms with E-state index in [2.05, 4.69) is 5.32 Å². The minimum Gasteiger partial charge on any atom is -0.495 e. The van der Waals surface area contributed by atoms with Gasteiger partial charge < -0.3 is 19.2 Å². The number of halogens is 2. The predicted octanol–water partition coefficient (Wildman–Crippen LogP) is 5.06. The van der Waals surface area contributed by atoms with Crippen LogP contribution in [-0.2, 0) is 9.53 Å². The Morgan fingerprint density at radius 1 is 1.00 bits per heavy atom. The summed E-state index contributed by atoms with van der Waals surface area (Å²) in [6.45, 7) is 1.33. The number of hydrogen-bond donors (Lipinski definition) is 1. The molecule has 158 valence electrons. The summed E-state index contributed by atoms with van der Waals surface area (Å²) in [4.78, 5) is 24.7. The molecule has 1 N–H and O–H groups in total. The van der Waals surface area contributed by atoms with Crippen molar-refractivity contribution in [3.05, 3.63) is 71.8 Å². The van der Waals surface area contributed by atoms with Gasteiger partial charge >= 0.3 is 5.97 Å². The SMILES string of the molecule is COc1cc2c(cc1NC(=O)C(C)OC(=O)c1ccc(F)cc1F)oc1ccccc12. The molecule has 0 aliphatic heterocycles. The topological polar surface area (TPSA) is 77.8 Å². The van der Waals surface area contributed by atoms with Gasteiger partial charge in [0.05, 0.1) is 18.4 Å². The standard InChI is InChI=1S/C23H17F2NO5/c1-12(30-23(28)15-8-7-13(24)9-17(15)25)22(27)26-18-11-20-16(10-21(18)29-2)14-5-3-4-6-19(14)31-20/h3-12H,1-2H3,(H,26,27). The van der Waals surface area contributed by atoms with Crippen molar-refractivity contribution in [2.24, 2.45) is 0 Å².